The molecular weight excluding hydrogens is 316 g/mol. The monoisotopic (exact) mass is 342 g/mol. The Labute approximate surface area is 148 Å². The number of anilines is 1. The van der Waals surface area contributed by atoms with Gasteiger partial charge in [0.15, 0.2) is 0 Å². The van der Waals surface area contributed by atoms with E-state index >= 15 is 0 Å². The number of benzene rings is 1. The predicted molar refractivity (Wildman–Crippen MR) is 98.1 cm³/mol. The number of methoxy groups -OCH3 is 1. The van der Waals surface area contributed by atoms with Crippen LogP contribution < -0.4 is 4.90 Å². The predicted octanol–water partition coefficient (Wildman–Crippen LogP) is 2.42. The number of ether oxygens (including phenoxy) is 1. The van der Waals surface area contributed by atoms with Gasteiger partial charge in [0.25, 0.3) is 0 Å². The Hall–Kier alpha value is -2.08. The first-order chi connectivity index (χ1) is 12.1. The van der Waals surface area contributed by atoms with Gasteiger partial charge in [-0.25, -0.2) is 4.79 Å². The minimum Gasteiger partial charge on any atom is -0.465 e. The van der Waals surface area contributed by atoms with Gasteiger partial charge in [-0.15, -0.1) is 0 Å². The highest BCUT2D eigenvalue weighted by atomic mass is 16.5. The number of piperidine rings is 1. The van der Waals surface area contributed by atoms with Crippen molar-refractivity contribution in [1.29, 1.82) is 0 Å². The first kappa shape index (κ1) is 16.4. The van der Waals surface area contributed by atoms with E-state index in [0.717, 1.165) is 30.0 Å². The lowest BCUT2D eigenvalue weighted by atomic mass is 10.0. The molecule has 2 fully saturated rings. The van der Waals surface area contributed by atoms with Crippen LogP contribution in [0.3, 0.4) is 0 Å². The second kappa shape index (κ2) is 6.33. The van der Waals surface area contributed by atoms with Crippen molar-refractivity contribution in [2.24, 2.45) is 7.05 Å². The number of carbonyl (C=O) groups is 1. The number of hydrogen-bond donors (Lipinski definition) is 0. The fourth-order valence-electron chi connectivity index (χ4n) is 4.05. The molecule has 1 saturated heterocycles. The highest BCUT2D eigenvalue weighted by Crippen LogP contribution is 2.34. The zero-order chi connectivity index (χ0) is 17.6. The normalized spacial score (nSPS) is 19.0. The number of nitrogens with zero attached hydrogens (tertiary/aromatic N) is 4. The van der Waals surface area contributed by atoms with E-state index < -0.39 is 0 Å². The van der Waals surface area contributed by atoms with Gasteiger partial charge in [0.2, 0.25) is 0 Å². The van der Waals surface area contributed by atoms with Gasteiger partial charge in [-0.2, -0.15) is 5.10 Å². The van der Waals surface area contributed by atoms with Crippen LogP contribution in [-0.2, 0) is 11.8 Å². The van der Waals surface area contributed by atoms with Crippen molar-refractivity contribution >= 4 is 22.6 Å². The molecule has 1 aliphatic carbocycles. The molecular formula is C19H26N4O2. The summed E-state index contributed by atoms with van der Waals surface area (Å²) in [5.74, 6) is -0.333. The summed E-state index contributed by atoms with van der Waals surface area (Å²) < 4.78 is 6.67. The topological polar surface area (TPSA) is 50.6 Å². The molecule has 0 radical (unpaired) electrons. The van der Waals surface area contributed by atoms with E-state index in [2.05, 4.69) is 21.9 Å². The maximum absolute atomic E-state index is 12.0. The molecule has 2 aliphatic rings. The molecule has 0 unspecified atom stereocenters. The smallest absolute Gasteiger partial charge is 0.340 e. The van der Waals surface area contributed by atoms with Crippen LogP contribution in [0.25, 0.3) is 10.9 Å². The molecule has 4 rings (SSSR count). The highest BCUT2D eigenvalue weighted by Gasteiger charge is 2.33. The van der Waals surface area contributed by atoms with Gasteiger partial charge in [0.1, 0.15) is 5.52 Å². The van der Waals surface area contributed by atoms with Crippen molar-refractivity contribution in [3.8, 4) is 0 Å². The van der Waals surface area contributed by atoms with Crippen molar-refractivity contribution in [3.05, 3.63) is 23.9 Å². The molecule has 1 aliphatic heterocycles. The van der Waals surface area contributed by atoms with Crippen molar-refractivity contribution < 1.29 is 9.53 Å². The number of rotatable bonds is 4. The van der Waals surface area contributed by atoms with Crippen LogP contribution in [0.1, 0.15) is 36.0 Å². The van der Waals surface area contributed by atoms with E-state index in [9.17, 15) is 4.79 Å². The first-order valence-electron chi connectivity index (χ1n) is 9.10. The Kier molecular flexibility index (Phi) is 4.15. The maximum Gasteiger partial charge on any atom is 0.340 e. The quantitative estimate of drug-likeness (QED) is 0.799. The summed E-state index contributed by atoms with van der Waals surface area (Å²) in [7, 11) is 5.58. The summed E-state index contributed by atoms with van der Waals surface area (Å²) in [6, 6.07) is 5.41. The van der Waals surface area contributed by atoms with E-state index in [1.165, 1.54) is 38.5 Å². The average molecular weight is 342 g/mol. The lowest BCUT2D eigenvalue weighted by Gasteiger charge is -2.38. The number of carbonyl (C=O) groups excluding carboxylic acids is 1. The Balaban J connectivity index is 1.59. The van der Waals surface area contributed by atoms with Gasteiger partial charge in [0.05, 0.1) is 12.7 Å². The van der Waals surface area contributed by atoms with Gasteiger partial charge in [-0.05, 0) is 44.9 Å². The van der Waals surface area contributed by atoms with Gasteiger partial charge in [0, 0.05) is 49.5 Å². The molecule has 6 heteroatoms. The molecule has 0 N–H and O–H groups in total. The molecule has 6 nitrogen and oxygen atoms in total. The van der Waals surface area contributed by atoms with Crippen LogP contribution in [0.5, 0.6) is 0 Å². The van der Waals surface area contributed by atoms with E-state index in [1.807, 2.05) is 25.4 Å². The molecule has 0 amide bonds. The lowest BCUT2D eigenvalue weighted by Crippen LogP contribution is -2.44. The minimum absolute atomic E-state index is 0.333. The molecule has 2 aromatic rings. The lowest BCUT2D eigenvalue weighted by molar-refractivity contribution is 0.0602. The van der Waals surface area contributed by atoms with Crippen LogP contribution in [-0.4, -0.2) is 60.0 Å². The van der Waals surface area contributed by atoms with Gasteiger partial charge in [-0.3, -0.25) is 4.68 Å². The fourth-order valence-corrected chi connectivity index (χ4v) is 4.05. The zero-order valence-electron chi connectivity index (χ0n) is 15.2. The number of fused-ring (bicyclic) bond motifs is 1. The fraction of sp³-hybridized carbons (Fsp3) is 0.579. The number of hydrogen-bond acceptors (Lipinski definition) is 5. The summed E-state index contributed by atoms with van der Waals surface area (Å²) in [6.45, 7) is 2.09. The molecule has 1 saturated carbocycles. The van der Waals surface area contributed by atoms with Gasteiger partial charge in [-0.1, -0.05) is 0 Å². The van der Waals surface area contributed by atoms with Crippen LogP contribution in [0.4, 0.5) is 5.69 Å². The van der Waals surface area contributed by atoms with Crippen LogP contribution in [0, 0.1) is 0 Å². The van der Waals surface area contributed by atoms with Crippen molar-refractivity contribution in [2.45, 2.75) is 37.8 Å². The van der Waals surface area contributed by atoms with E-state index in [1.54, 1.807) is 4.68 Å². The first-order valence-corrected chi connectivity index (χ1v) is 9.10. The Morgan fingerprint density at radius 3 is 2.52 bits per heavy atom. The standard InChI is InChI=1S/C19H26N4O2/c1-21-12-16-17(7-6-15(18(16)20-21)19(24)25-3)23-10-8-14(9-11-23)22(2)13-4-5-13/h6-7,12-14H,4-5,8-11H2,1-3H3. The summed E-state index contributed by atoms with van der Waals surface area (Å²) >= 11 is 0. The molecule has 1 aromatic heterocycles. The van der Waals surface area contributed by atoms with Gasteiger partial charge < -0.3 is 14.5 Å². The molecule has 25 heavy (non-hydrogen) atoms. The third kappa shape index (κ3) is 2.99. The summed E-state index contributed by atoms with van der Waals surface area (Å²) in [5, 5.41) is 5.52. The van der Waals surface area contributed by atoms with Crippen molar-refractivity contribution in [1.82, 2.24) is 14.7 Å². The summed E-state index contributed by atoms with van der Waals surface area (Å²) in [5.41, 5.74) is 2.43. The molecule has 0 spiro atoms. The summed E-state index contributed by atoms with van der Waals surface area (Å²) in [4.78, 5) is 17.0. The SMILES string of the molecule is COC(=O)c1ccc(N2CCC(N(C)C3CC3)CC2)c2cn(C)nc12. The third-order valence-electron chi connectivity index (χ3n) is 5.68. The second-order valence-corrected chi connectivity index (χ2v) is 7.30. The van der Waals surface area contributed by atoms with E-state index in [0.29, 0.717) is 11.6 Å². The minimum atomic E-state index is -0.333. The zero-order valence-corrected chi connectivity index (χ0v) is 15.2. The van der Waals surface area contributed by atoms with E-state index in [-0.39, 0.29) is 5.97 Å². The highest BCUT2D eigenvalue weighted by molar-refractivity contribution is 6.06. The Morgan fingerprint density at radius 1 is 1.20 bits per heavy atom. The Morgan fingerprint density at radius 2 is 1.88 bits per heavy atom. The maximum atomic E-state index is 12.0. The molecule has 134 valence electrons. The van der Waals surface area contributed by atoms with Gasteiger partial charge >= 0.3 is 5.97 Å². The Bertz CT molecular complexity index is 788. The van der Waals surface area contributed by atoms with Crippen molar-refractivity contribution in [3.63, 3.8) is 0 Å². The largest absolute Gasteiger partial charge is 0.465 e. The molecule has 1 aromatic carbocycles. The molecule has 2 heterocycles. The number of aromatic nitrogens is 2. The number of esters is 1. The average Bonchev–Trinajstić information content (AvgIpc) is 3.40. The van der Waals surface area contributed by atoms with Crippen LogP contribution in [0.15, 0.2) is 18.3 Å². The second-order valence-electron chi connectivity index (χ2n) is 7.30. The third-order valence-corrected chi connectivity index (χ3v) is 5.68. The molecule has 0 bridgehead atoms. The molecule has 0 atom stereocenters. The number of aryl methyl sites for hydroxylation is 1. The van der Waals surface area contributed by atoms with Crippen molar-refractivity contribution in [2.75, 3.05) is 32.1 Å². The van der Waals surface area contributed by atoms with E-state index in [4.69, 9.17) is 4.74 Å². The van der Waals surface area contributed by atoms with Crippen LogP contribution in [0.2, 0.25) is 0 Å². The summed E-state index contributed by atoms with van der Waals surface area (Å²) in [6.07, 6.45) is 7.10. The van der Waals surface area contributed by atoms with Crippen LogP contribution >= 0.6 is 0 Å².